The molecule has 1 unspecified atom stereocenters. The monoisotopic (exact) mass is 349 g/mol. The van der Waals surface area contributed by atoms with Crippen molar-refractivity contribution in [3.8, 4) is 11.5 Å². The van der Waals surface area contributed by atoms with Gasteiger partial charge in [-0.3, -0.25) is 4.79 Å². The van der Waals surface area contributed by atoms with Crippen molar-refractivity contribution in [1.82, 2.24) is 4.90 Å². The van der Waals surface area contributed by atoms with Crippen molar-refractivity contribution in [2.75, 3.05) is 26.8 Å². The summed E-state index contributed by atoms with van der Waals surface area (Å²) >= 11 is 0. The van der Waals surface area contributed by atoms with Gasteiger partial charge in [0.1, 0.15) is 18.1 Å². The minimum absolute atomic E-state index is 0.0826. The molecule has 134 valence electrons. The minimum atomic E-state index is -0.0826. The van der Waals surface area contributed by atoms with E-state index in [0.717, 1.165) is 36.4 Å². The summed E-state index contributed by atoms with van der Waals surface area (Å²) in [6.45, 7) is 1.90. The third-order valence-electron chi connectivity index (χ3n) is 5.21. The van der Waals surface area contributed by atoms with Crippen molar-refractivity contribution in [3.05, 3.63) is 65.7 Å². The zero-order chi connectivity index (χ0) is 17.9. The summed E-state index contributed by atoms with van der Waals surface area (Å²) in [6, 6.07) is 16.1. The molecule has 0 spiro atoms. The fourth-order valence-electron chi connectivity index (χ4n) is 3.68. The van der Waals surface area contributed by atoms with Crippen LogP contribution in [0.25, 0.3) is 5.57 Å². The van der Waals surface area contributed by atoms with Crippen molar-refractivity contribution in [3.63, 3.8) is 0 Å². The average Bonchev–Trinajstić information content (AvgIpc) is 2.73. The van der Waals surface area contributed by atoms with E-state index in [4.69, 9.17) is 9.47 Å². The van der Waals surface area contributed by atoms with Crippen LogP contribution in [0, 0.1) is 5.92 Å². The molecule has 0 aromatic heterocycles. The molecule has 0 saturated heterocycles. The van der Waals surface area contributed by atoms with Gasteiger partial charge in [0.05, 0.1) is 13.0 Å². The van der Waals surface area contributed by atoms with Gasteiger partial charge in [0.25, 0.3) is 0 Å². The van der Waals surface area contributed by atoms with Crippen LogP contribution in [-0.2, 0) is 11.2 Å². The highest BCUT2D eigenvalue weighted by atomic mass is 16.5. The van der Waals surface area contributed by atoms with Crippen LogP contribution in [0.2, 0.25) is 0 Å². The van der Waals surface area contributed by atoms with Gasteiger partial charge >= 0.3 is 0 Å². The molecule has 4 rings (SSSR count). The summed E-state index contributed by atoms with van der Waals surface area (Å²) in [6.07, 6.45) is 3.81. The van der Waals surface area contributed by atoms with E-state index in [-0.39, 0.29) is 11.8 Å². The number of hydrogen-bond acceptors (Lipinski definition) is 3. The quantitative estimate of drug-likeness (QED) is 0.850. The molecule has 2 aromatic rings. The van der Waals surface area contributed by atoms with Crippen LogP contribution in [-0.4, -0.2) is 37.6 Å². The third-order valence-corrected chi connectivity index (χ3v) is 5.21. The standard InChI is InChI=1S/C22H23NO3/c1-25-20-8-6-16(7-9-20)17-10-12-23(13-11-17)22(24)19-14-18-4-2-3-5-21(18)26-15-19/h2-10,19H,11-15H2,1H3. The lowest BCUT2D eigenvalue weighted by molar-refractivity contribution is -0.136. The van der Waals surface area contributed by atoms with Crippen molar-refractivity contribution < 1.29 is 14.3 Å². The van der Waals surface area contributed by atoms with Crippen LogP contribution in [0.1, 0.15) is 17.5 Å². The molecule has 0 aliphatic carbocycles. The van der Waals surface area contributed by atoms with Gasteiger partial charge < -0.3 is 14.4 Å². The highest BCUT2D eigenvalue weighted by molar-refractivity contribution is 5.81. The molecule has 2 aliphatic heterocycles. The number of hydrogen-bond donors (Lipinski definition) is 0. The first-order valence-electron chi connectivity index (χ1n) is 9.07. The number of methoxy groups -OCH3 is 1. The zero-order valence-corrected chi connectivity index (χ0v) is 15.0. The Morgan fingerprint density at radius 1 is 1.15 bits per heavy atom. The summed E-state index contributed by atoms with van der Waals surface area (Å²) < 4.78 is 11.0. The maximum Gasteiger partial charge on any atom is 0.229 e. The molecule has 26 heavy (non-hydrogen) atoms. The first-order chi connectivity index (χ1) is 12.7. The van der Waals surface area contributed by atoms with Gasteiger partial charge in [0.15, 0.2) is 0 Å². The molecule has 4 heteroatoms. The van der Waals surface area contributed by atoms with E-state index in [0.29, 0.717) is 13.2 Å². The number of rotatable bonds is 3. The lowest BCUT2D eigenvalue weighted by atomic mass is 9.94. The molecule has 4 nitrogen and oxygen atoms in total. The summed E-state index contributed by atoms with van der Waals surface area (Å²) in [5.41, 5.74) is 3.62. The second kappa shape index (κ2) is 7.24. The number of carbonyl (C=O) groups excluding carboxylic acids is 1. The predicted molar refractivity (Wildman–Crippen MR) is 101 cm³/mol. The minimum Gasteiger partial charge on any atom is -0.497 e. The fraction of sp³-hybridized carbons (Fsp3) is 0.318. The van der Waals surface area contributed by atoms with E-state index >= 15 is 0 Å². The van der Waals surface area contributed by atoms with Crippen molar-refractivity contribution in [2.24, 2.45) is 5.92 Å². The Hall–Kier alpha value is -2.75. The molecule has 0 saturated carbocycles. The molecule has 1 amide bonds. The number of ether oxygens (including phenoxy) is 2. The molecule has 0 radical (unpaired) electrons. The summed E-state index contributed by atoms with van der Waals surface area (Å²) in [4.78, 5) is 14.8. The van der Waals surface area contributed by atoms with E-state index in [2.05, 4.69) is 18.2 Å². The smallest absolute Gasteiger partial charge is 0.229 e. The summed E-state index contributed by atoms with van der Waals surface area (Å²) in [5.74, 6) is 1.89. The number of fused-ring (bicyclic) bond motifs is 1. The molecule has 2 heterocycles. The SMILES string of the molecule is COc1ccc(C2=CCN(C(=O)C3COc4ccccc4C3)CC2)cc1. The Morgan fingerprint density at radius 2 is 1.96 bits per heavy atom. The largest absolute Gasteiger partial charge is 0.497 e. The first-order valence-corrected chi connectivity index (χ1v) is 9.07. The maximum atomic E-state index is 12.9. The van der Waals surface area contributed by atoms with Gasteiger partial charge in [-0.05, 0) is 47.7 Å². The van der Waals surface area contributed by atoms with Crippen LogP contribution in [0.4, 0.5) is 0 Å². The maximum absolute atomic E-state index is 12.9. The summed E-state index contributed by atoms with van der Waals surface area (Å²) in [5, 5.41) is 0. The van der Waals surface area contributed by atoms with Crippen molar-refractivity contribution in [1.29, 1.82) is 0 Å². The molecule has 2 aromatic carbocycles. The molecule has 0 fully saturated rings. The zero-order valence-electron chi connectivity index (χ0n) is 15.0. The Bertz CT molecular complexity index is 826. The number of para-hydroxylation sites is 1. The van der Waals surface area contributed by atoms with Gasteiger partial charge in [0, 0.05) is 13.1 Å². The molecule has 1 atom stereocenters. The summed E-state index contributed by atoms with van der Waals surface area (Å²) in [7, 11) is 1.67. The normalized spacial score (nSPS) is 19.2. The molecule has 0 bridgehead atoms. The Kier molecular flexibility index (Phi) is 4.65. The number of carbonyl (C=O) groups is 1. The van der Waals surface area contributed by atoms with Crippen LogP contribution in [0.5, 0.6) is 11.5 Å². The predicted octanol–water partition coefficient (Wildman–Crippen LogP) is 3.56. The molecule has 2 aliphatic rings. The lowest BCUT2D eigenvalue weighted by Crippen LogP contribution is -2.42. The van der Waals surface area contributed by atoms with Crippen LogP contribution >= 0.6 is 0 Å². The Labute approximate surface area is 154 Å². The lowest BCUT2D eigenvalue weighted by Gasteiger charge is -2.32. The highest BCUT2D eigenvalue weighted by Gasteiger charge is 2.30. The first kappa shape index (κ1) is 16.7. The van der Waals surface area contributed by atoms with E-state index in [1.165, 1.54) is 11.1 Å². The van der Waals surface area contributed by atoms with E-state index < -0.39 is 0 Å². The average molecular weight is 349 g/mol. The van der Waals surface area contributed by atoms with Gasteiger partial charge in [-0.1, -0.05) is 36.4 Å². The van der Waals surface area contributed by atoms with E-state index in [1.54, 1.807) is 7.11 Å². The highest BCUT2D eigenvalue weighted by Crippen LogP contribution is 2.29. The van der Waals surface area contributed by atoms with Crippen molar-refractivity contribution >= 4 is 11.5 Å². The van der Waals surface area contributed by atoms with Crippen LogP contribution in [0.3, 0.4) is 0 Å². The third kappa shape index (κ3) is 3.32. The molecule has 0 N–H and O–H groups in total. The second-order valence-corrected chi connectivity index (χ2v) is 6.81. The van der Waals surface area contributed by atoms with Crippen LogP contribution < -0.4 is 9.47 Å². The van der Waals surface area contributed by atoms with Crippen LogP contribution in [0.15, 0.2) is 54.6 Å². The van der Waals surface area contributed by atoms with Gasteiger partial charge in [-0.2, -0.15) is 0 Å². The van der Waals surface area contributed by atoms with E-state index in [1.807, 2.05) is 41.3 Å². The Balaban J connectivity index is 1.41. The molecular weight excluding hydrogens is 326 g/mol. The van der Waals surface area contributed by atoms with Gasteiger partial charge in [0.2, 0.25) is 5.91 Å². The number of nitrogens with zero attached hydrogens (tertiary/aromatic N) is 1. The van der Waals surface area contributed by atoms with Crippen molar-refractivity contribution in [2.45, 2.75) is 12.8 Å². The van der Waals surface area contributed by atoms with E-state index in [9.17, 15) is 4.79 Å². The topological polar surface area (TPSA) is 38.8 Å². The number of benzene rings is 2. The van der Waals surface area contributed by atoms with Gasteiger partial charge in [-0.25, -0.2) is 0 Å². The Morgan fingerprint density at radius 3 is 2.69 bits per heavy atom. The molecular formula is C22H23NO3. The second-order valence-electron chi connectivity index (χ2n) is 6.81. The van der Waals surface area contributed by atoms with Gasteiger partial charge in [-0.15, -0.1) is 0 Å². The number of amides is 1. The fourth-order valence-corrected chi connectivity index (χ4v) is 3.68.